The molecule has 18 heavy (non-hydrogen) atoms. The molecule has 0 fully saturated rings. The molecule has 0 saturated carbocycles. The molecule has 1 aliphatic heterocycles. The molecule has 5 nitrogen and oxygen atoms in total. The Labute approximate surface area is 105 Å². The predicted molar refractivity (Wildman–Crippen MR) is 66.8 cm³/mol. The number of hydrogen-bond acceptors (Lipinski definition) is 5. The first-order valence-corrected chi connectivity index (χ1v) is 5.86. The molecule has 0 saturated heterocycles. The maximum Gasteiger partial charge on any atom is 0.122 e. The summed E-state index contributed by atoms with van der Waals surface area (Å²) in [5.74, 6) is 6.60. The van der Waals surface area contributed by atoms with E-state index in [2.05, 4.69) is 21.5 Å². The van der Waals surface area contributed by atoms with Gasteiger partial charge < -0.3 is 4.74 Å². The second-order valence-electron chi connectivity index (χ2n) is 4.20. The molecule has 1 aromatic carbocycles. The fraction of sp³-hybridized carbons (Fsp3) is 0.231. The molecule has 5 heteroatoms. The molecule has 3 rings (SSSR count). The molecule has 1 aromatic heterocycles. The second kappa shape index (κ2) is 4.72. The lowest BCUT2D eigenvalue weighted by atomic mass is 10.0. The van der Waals surface area contributed by atoms with E-state index in [1.807, 2.05) is 12.1 Å². The Morgan fingerprint density at radius 1 is 1.33 bits per heavy atom. The maximum absolute atomic E-state index is 5.63. The van der Waals surface area contributed by atoms with Gasteiger partial charge in [-0.25, -0.2) is 5.43 Å². The lowest BCUT2D eigenvalue weighted by molar-refractivity contribution is 0.357. The highest BCUT2D eigenvalue weighted by Crippen LogP contribution is 2.29. The zero-order valence-corrected chi connectivity index (χ0v) is 9.84. The standard InChI is InChI=1S/C13H14N4O/c14-17-13(11-8-15-4-5-16-11)10-1-2-12-9(7-10)3-6-18-12/h1-2,4-5,7-8,13,17H,3,6,14H2. The van der Waals surface area contributed by atoms with Crippen LogP contribution in [0.15, 0.2) is 36.8 Å². The lowest BCUT2D eigenvalue weighted by Crippen LogP contribution is -2.29. The van der Waals surface area contributed by atoms with Gasteiger partial charge in [0.25, 0.3) is 0 Å². The van der Waals surface area contributed by atoms with Gasteiger partial charge in [-0.1, -0.05) is 6.07 Å². The number of rotatable bonds is 3. The van der Waals surface area contributed by atoms with Crippen LogP contribution in [0.1, 0.15) is 22.9 Å². The number of hydrogen-bond donors (Lipinski definition) is 2. The van der Waals surface area contributed by atoms with Gasteiger partial charge in [-0.15, -0.1) is 0 Å². The molecular formula is C13H14N4O. The number of nitrogens with one attached hydrogen (secondary N) is 1. The van der Waals surface area contributed by atoms with Crippen molar-refractivity contribution in [3.8, 4) is 5.75 Å². The normalized spacial score (nSPS) is 14.9. The minimum Gasteiger partial charge on any atom is -0.493 e. The van der Waals surface area contributed by atoms with Crippen LogP contribution in [-0.2, 0) is 6.42 Å². The number of benzene rings is 1. The maximum atomic E-state index is 5.63. The van der Waals surface area contributed by atoms with Gasteiger partial charge in [0.15, 0.2) is 0 Å². The number of ether oxygens (including phenoxy) is 1. The Morgan fingerprint density at radius 3 is 3.06 bits per heavy atom. The first-order valence-electron chi connectivity index (χ1n) is 5.86. The van der Waals surface area contributed by atoms with Crippen LogP contribution < -0.4 is 16.0 Å². The molecule has 0 amide bonds. The summed E-state index contributed by atoms with van der Waals surface area (Å²) in [6.45, 7) is 0.755. The molecule has 1 atom stereocenters. The predicted octanol–water partition coefficient (Wildman–Crippen LogP) is 0.964. The van der Waals surface area contributed by atoms with E-state index in [0.717, 1.165) is 30.0 Å². The van der Waals surface area contributed by atoms with E-state index in [9.17, 15) is 0 Å². The number of hydrazine groups is 1. The van der Waals surface area contributed by atoms with Crippen molar-refractivity contribution in [2.45, 2.75) is 12.5 Å². The Kier molecular flexibility index (Phi) is 2.92. The van der Waals surface area contributed by atoms with Crippen LogP contribution in [0.2, 0.25) is 0 Å². The van der Waals surface area contributed by atoms with Gasteiger partial charge in [-0.3, -0.25) is 15.8 Å². The van der Waals surface area contributed by atoms with Gasteiger partial charge in [0, 0.05) is 18.8 Å². The van der Waals surface area contributed by atoms with Crippen LogP contribution in [0.3, 0.4) is 0 Å². The molecule has 1 aliphatic rings. The third-order valence-electron chi connectivity index (χ3n) is 3.09. The summed E-state index contributed by atoms with van der Waals surface area (Å²) in [4.78, 5) is 8.35. The molecular weight excluding hydrogens is 228 g/mol. The molecule has 2 heterocycles. The van der Waals surface area contributed by atoms with E-state index in [1.54, 1.807) is 18.6 Å². The van der Waals surface area contributed by atoms with Crippen LogP contribution in [-0.4, -0.2) is 16.6 Å². The SMILES string of the molecule is NNC(c1ccc2c(c1)CCO2)c1cnccn1. The summed E-state index contributed by atoms with van der Waals surface area (Å²) < 4.78 is 5.49. The quantitative estimate of drug-likeness (QED) is 0.619. The van der Waals surface area contributed by atoms with Crippen molar-refractivity contribution >= 4 is 0 Å². The Bertz CT molecular complexity index is 544. The molecule has 0 aliphatic carbocycles. The van der Waals surface area contributed by atoms with Crippen molar-refractivity contribution in [2.24, 2.45) is 5.84 Å². The number of nitrogens with zero attached hydrogens (tertiary/aromatic N) is 2. The van der Waals surface area contributed by atoms with E-state index in [1.165, 1.54) is 5.56 Å². The summed E-state index contributed by atoms with van der Waals surface area (Å²) >= 11 is 0. The fourth-order valence-corrected chi connectivity index (χ4v) is 2.20. The summed E-state index contributed by atoms with van der Waals surface area (Å²) in [7, 11) is 0. The summed E-state index contributed by atoms with van der Waals surface area (Å²) in [6.07, 6.45) is 5.97. The smallest absolute Gasteiger partial charge is 0.122 e. The van der Waals surface area contributed by atoms with Crippen molar-refractivity contribution in [1.82, 2.24) is 15.4 Å². The van der Waals surface area contributed by atoms with Crippen LogP contribution in [0.4, 0.5) is 0 Å². The Hall–Kier alpha value is -1.98. The van der Waals surface area contributed by atoms with Gasteiger partial charge in [-0.2, -0.15) is 0 Å². The summed E-state index contributed by atoms with van der Waals surface area (Å²) in [6, 6.07) is 5.95. The second-order valence-corrected chi connectivity index (χ2v) is 4.20. The van der Waals surface area contributed by atoms with Crippen LogP contribution in [0.5, 0.6) is 5.75 Å². The number of nitrogens with two attached hydrogens (primary N) is 1. The highest BCUT2D eigenvalue weighted by molar-refractivity contribution is 5.42. The van der Waals surface area contributed by atoms with Crippen molar-refractivity contribution in [2.75, 3.05) is 6.61 Å². The zero-order chi connectivity index (χ0) is 12.4. The Balaban J connectivity index is 1.97. The molecule has 1 unspecified atom stereocenters. The van der Waals surface area contributed by atoms with E-state index >= 15 is 0 Å². The van der Waals surface area contributed by atoms with Gasteiger partial charge in [0.1, 0.15) is 5.75 Å². The lowest BCUT2D eigenvalue weighted by Gasteiger charge is -2.16. The minimum absolute atomic E-state index is 0.149. The van der Waals surface area contributed by atoms with Crippen LogP contribution in [0.25, 0.3) is 0 Å². The highest BCUT2D eigenvalue weighted by Gasteiger charge is 2.18. The monoisotopic (exact) mass is 242 g/mol. The highest BCUT2D eigenvalue weighted by atomic mass is 16.5. The van der Waals surface area contributed by atoms with Crippen molar-refractivity contribution < 1.29 is 4.74 Å². The molecule has 0 bridgehead atoms. The summed E-state index contributed by atoms with van der Waals surface area (Å²) in [5.41, 5.74) is 5.88. The molecule has 92 valence electrons. The van der Waals surface area contributed by atoms with E-state index < -0.39 is 0 Å². The first-order chi connectivity index (χ1) is 8.88. The van der Waals surface area contributed by atoms with Gasteiger partial charge in [0.05, 0.1) is 24.5 Å². The van der Waals surface area contributed by atoms with Gasteiger partial charge in [0.2, 0.25) is 0 Å². The molecule has 0 spiro atoms. The third kappa shape index (κ3) is 1.94. The van der Waals surface area contributed by atoms with Crippen LogP contribution >= 0.6 is 0 Å². The van der Waals surface area contributed by atoms with Crippen molar-refractivity contribution in [1.29, 1.82) is 0 Å². The minimum atomic E-state index is -0.149. The molecule has 2 aromatic rings. The fourth-order valence-electron chi connectivity index (χ4n) is 2.20. The average Bonchev–Trinajstić information content (AvgIpc) is 2.88. The summed E-state index contributed by atoms with van der Waals surface area (Å²) in [5, 5.41) is 0. The topological polar surface area (TPSA) is 73.1 Å². The average molecular weight is 242 g/mol. The Morgan fingerprint density at radius 2 is 2.28 bits per heavy atom. The third-order valence-corrected chi connectivity index (χ3v) is 3.09. The largest absolute Gasteiger partial charge is 0.493 e. The van der Waals surface area contributed by atoms with E-state index in [-0.39, 0.29) is 6.04 Å². The molecule has 3 N–H and O–H groups in total. The van der Waals surface area contributed by atoms with Gasteiger partial charge in [-0.05, 0) is 23.3 Å². The van der Waals surface area contributed by atoms with E-state index in [0.29, 0.717) is 0 Å². The first kappa shape index (κ1) is 11.1. The number of fused-ring (bicyclic) bond motifs is 1. The van der Waals surface area contributed by atoms with E-state index in [4.69, 9.17) is 10.6 Å². The van der Waals surface area contributed by atoms with Crippen molar-refractivity contribution in [3.63, 3.8) is 0 Å². The zero-order valence-electron chi connectivity index (χ0n) is 9.84. The van der Waals surface area contributed by atoms with Crippen molar-refractivity contribution in [3.05, 3.63) is 53.6 Å². The molecule has 0 radical (unpaired) electrons. The van der Waals surface area contributed by atoms with Gasteiger partial charge >= 0.3 is 0 Å². The van der Waals surface area contributed by atoms with Crippen LogP contribution in [0, 0.1) is 0 Å². The number of aromatic nitrogens is 2.